The molecule has 1 amide bonds. The molecule has 3 rings (SSSR count). The van der Waals surface area contributed by atoms with Gasteiger partial charge in [-0.25, -0.2) is 0 Å². The summed E-state index contributed by atoms with van der Waals surface area (Å²) in [5.74, 6) is 0.0840. The van der Waals surface area contributed by atoms with Gasteiger partial charge in [-0.2, -0.15) is 0 Å². The molecule has 0 saturated heterocycles. The predicted octanol–water partition coefficient (Wildman–Crippen LogP) is 4.13. The molecule has 2 aromatic carbocycles. The summed E-state index contributed by atoms with van der Waals surface area (Å²) in [5, 5.41) is 3.31. The number of carbonyl (C=O) groups is 2. The molecule has 7 nitrogen and oxygen atoms in total. The van der Waals surface area contributed by atoms with Gasteiger partial charge in [0.1, 0.15) is 12.2 Å². The molecule has 1 N–H and O–H groups in total. The number of hydrogen-bond acceptors (Lipinski definition) is 6. The lowest BCUT2D eigenvalue weighted by molar-refractivity contribution is -0.150. The summed E-state index contributed by atoms with van der Waals surface area (Å²) in [7, 11) is 1.55. The molecule has 0 spiro atoms. The fourth-order valence-corrected chi connectivity index (χ4v) is 3.51. The van der Waals surface area contributed by atoms with Gasteiger partial charge in [0.15, 0.2) is 11.5 Å². The zero-order chi connectivity index (χ0) is 21.7. The molecule has 2 aromatic rings. The van der Waals surface area contributed by atoms with Crippen LogP contribution in [0.4, 0.5) is 5.69 Å². The maximum atomic E-state index is 12.8. The number of ether oxygens (including phenoxy) is 4. The lowest BCUT2D eigenvalue weighted by Gasteiger charge is -2.24. The molecule has 0 aromatic heterocycles. The van der Waals surface area contributed by atoms with Crippen LogP contribution < -0.4 is 14.8 Å². The van der Waals surface area contributed by atoms with Crippen LogP contribution in [0.15, 0.2) is 36.4 Å². The van der Waals surface area contributed by atoms with E-state index in [4.69, 9.17) is 30.5 Å². The van der Waals surface area contributed by atoms with E-state index in [9.17, 15) is 9.59 Å². The van der Waals surface area contributed by atoms with Crippen molar-refractivity contribution in [3.63, 3.8) is 0 Å². The Bertz CT molecular complexity index is 932. The molecule has 0 radical (unpaired) electrons. The van der Waals surface area contributed by atoms with Crippen molar-refractivity contribution in [2.45, 2.75) is 32.5 Å². The van der Waals surface area contributed by atoms with E-state index in [0.717, 1.165) is 0 Å². The van der Waals surface area contributed by atoms with Gasteiger partial charge in [0.2, 0.25) is 0 Å². The van der Waals surface area contributed by atoms with Gasteiger partial charge in [0, 0.05) is 21.8 Å². The number of amides is 1. The molecule has 0 aliphatic carbocycles. The van der Waals surface area contributed by atoms with Gasteiger partial charge in [0.25, 0.3) is 5.91 Å². The number of benzene rings is 2. The smallest absolute Gasteiger partial charge is 0.308 e. The summed E-state index contributed by atoms with van der Waals surface area (Å²) in [6, 6.07) is 10.5. The van der Waals surface area contributed by atoms with Gasteiger partial charge in [0.05, 0.1) is 26.7 Å². The van der Waals surface area contributed by atoms with Crippen molar-refractivity contribution >= 4 is 29.2 Å². The van der Waals surface area contributed by atoms with Gasteiger partial charge < -0.3 is 24.3 Å². The summed E-state index contributed by atoms with van der Waals surface area (Å²) in [4.78, 5) is 24.8. The molecule has 1 heterocycles. The molecule has 160 valence electrons. The molecule has 2 atom stereocenters. The Morgan fingerprint density at radius 3 is 2.67 bits per heavy atom. The monoisotopic (exact) mass is 433 g/mol. The van der Waals surface area contributed by atoms with Crippen molar-refractivity contribution in [1.82, 2.24) is 0 Å². The van der Waals surface area contributed by atoms with Crippen LogP contribution in [0.25, 0.3) is 0 Å². The van der Waals surface area contributed by atoms with E-state index < -0.39 is 24.1 Å². The minimum Gasteiger partial charge on any atom is -0.493 e. The fourth-order valence-electron chi connectivity index (χ4n) is 3.33. The van der Waals surface area contributed by atoms with Crippen LogP contribution >= 0.6 is 11.6 Å². The van der Waals surface area contributed by atoms with E-state index in [-0.39, 0.29) is 13.0 Å². The average molecular weight is 434 g/mol. The lowest BCUT2D eigenvalue weighted by Crippen LogP contribution is -2.32. The maximum absolute atomic E-state index is 12.8. The summed E-state index contributed by atoms with van der Waals surface area (Å²) >= 11 is 6.24. The van der Waals surface area contributed by atoms with Gasteiger partial charge in [-0.1, -0.05) is 23.7 Å². The molecule has 8 heteroatoms. The molecular formula is C22H24ClNO6. The lowest BCUT2D eigenvalue weighted by atomic mass is 9.98. The highest BCUT2D eigenvalue weighted by molar-refractivity contribution is 6.30. The Kier molecular flexibility index (Phi) is 7.18. The summed E-state index contributed by atoms with van der Waals surface area (Å²) in [6.07, 6.45) is -2.00. The number of fused-ring (bicyclic) bond motifs is 1. The zero-order valence-corrected chi connectivity index (χ0v) is 17.8. The number of anilines is 1. The molecule has 0 bridgehead atoms. The highest BCUT2D eigenvalue weighted by Gasteiger charge is 2.35. The summed E-state index contributed by atoms with van der Waals surface area (Å²) in [5.41, 5.74) is 1.85. The number of nitrogens with one attached hydrogen (secondary N) is 1. The molecule has 1 aliphatic rings. The zero-order valence-electron chi connectivity index (χ0n) is 17.1. The minimum atomic E-state index is -1.05. The number of methoxy groups -OCH3 is 1. The third kappa shape index (κ3) is 4.68. The van der Waals surface area contributed by atoms with Crippen molar-refractivity contribution in [2.75, 3.05) is 25.6 Å². The Hall–Kier alpha value is -2.77. The minimum absolute atomic E-state index is 0.216. The topological polar surface area (TPSA) is 83.1 Å². The Morgan fingerprint density at radius 1 is 1.17 bits per heavy atom. The van der Waals surface area contributed by atoms with Gasteiger partial charge in [-0.15, -0.1) is 0 Å². The number of rotatable bonds is 7. The number of carbonyl (C=O) groups excluding carboxylic acids is 2. The van der Waals surface area contributed by atoms with E-state index in [0.29, 0.717) is 39.9 Å². The second-order valence-electron chi connectivity index (χ2n) is 6.55. The van der Waals surface area contributed by atoms with Gasteiger partial charge in [-0.05, 0) is 38.1 Å². The van der Waals surface area contributed by atoms with E-state index in [1.165, 1.54) is 0 Å². The average Bonchev–Trinajstić information content (AvgIpc) is 2.85. The highest BCUT2D eigenvalue weighted by atomic mass is 35.5. The van der Waals surface area contributed by atoms with Crippen molar-refractivity contribution in [3.05, 3.63) is 52.5 Å². The number of para-hydroxylation sites is 1. The number of hydrogen-bond donors (Lipinski definition) is 1. The molecule has 0 saturated carbocycles. The van der Waals surface area contributed by atoms with Crippen molar-refractivity contribution in [1.29, 1.82) is 0 Å². The van der Waals surface area contributed by atoms with Crippen LogP contribution in [0.5, 0.6) is 11.5 Å². The Labute approximate surface area is 180 Å². The normalized spacial score (nSPS) is 18.1. The maximum Gasteiger partial charge on any atom is 0.308 e. The summed E-state index contributed by atoms with van der Waals surface area (Å²) in [6.45, 7) is 4.20. The SMILES string of the molecule is CCOC(=O)CC1OC(c2cccc(OC)c2OCC)c2cc(Cl)ccc2NC1=O. The van der Waals surface area contributed by atoms with E-state index in [1.54, 1.807) is 38.3 Å². The van der Waals surface area contributed by atoms with Gasteiger partial charge in [-0.3, -0.25) is 9.59 Å². The third-order valence-corrected chi connectivity index (χ3v) is 4.84. The molecule has 1 aliphatic heterocycles. The van der Waals surface area contributed by atoms with Crippen molar-refractivity contribution in [3.8, 4) is 11.5 Å². The standard InChI is InChI=1S/C22H24ClNO6/c1-4-28-19(25)12-18-22(26)24-16-10-9-13(23)11-15(16)20(30-18)14-7-6-8-17(27-3)21(14)29-5-2/h6-11,18,20H,4-5,12H2,1-3H3,(H,24,26). The van der Waals surface area contributed by atoms with Crippen LogP contribution in [-0.2, 0) is 19.1 Å². The first kappa shape index (κ1) is 21.9. The Balaban J connectivity index is 2.11. The van der Waals surface area contributed by atoms with Crippen LogP contribution in [0.1, 0.15) is 37.5 Å². The van der Waals surface area contributed by atoms with E-state index >= 15 is 0 Å². The first-order valence-corrected chi connectivity index (χ1v) is 10.1. The van der Waals surface area contributed by atoms with Gasteiger partial charge >= 0.3 is 5.97 Å². The van der Waals surface area contributed by atoms with Crippen molar-refractivity contribution < 1.29 is 28.5 Å². The quantitative estimate of drug-likeness (QED) is 0.661. The number of esters is 1. The van der Waals surface area contributed by atoms with Crippen LogP contribution in [0.2, 0.25) is 5.02 Å². The fraction of sp³-hybridized carbons (Fsp3) is 0.364. The Morgan fingerprint density at radius 2 is 1.97 bits per heavy atom. The molecular weight excluding hydrogens is 410 g/mol. The van der Waals surface area contributed by atoms with Crippen LogP contribution in [-0.4, -0.2) is 38.3 Å². The second-order valence-corrected chi connectivity index (χ2v) is 6.98. The summed E-state index contributed by atoms with van der Waals surface area (Å²) < 4.78 is 22.5. The molecule has 0 fully saturated rings. The first-order valence-electron chi connectivity index (χ1n) is 9.69. The number of halogens is 1. The van der Waals surface area contributed by atoms with Crippen molar-refractivity contribution in [2.24, 2.45) is 0 Å². The molecule has 30 heavy (non-hydrogen) atoms. The van der Waals surface area contributed by atoms with Crippen LogP contribution in [0.3, 0.4) is 0 Å². The molecule has 2 unspecified atom stereocenters. The second kappa shape index (κ2) is 9.82. The third-order valence-electron chi connectivity index (χ3n) is 4.60. The van der Waals surface area contributed by atoms with E-state index in [2.05, 4.69) is 5.32 Å². The predicted molar refractivity (Wildman–Crippen MR) is 112 cm³/mol. The highest BCUT2D eigenvalue weighted by Crippen LogP contribution is 2.43. The first-order chi connectivity index (χ1) is 14.5. The van der Waals surface area contributed by atoms with Crippen LogP contribution in [0, 0.1) is 0 Å². The largest absolute Gasteiger partial charge is 0.493 e. The van der Waals surface area contributed by atoms with E-state index in [1.807, 2.05) is 19.1 Å².